The second-order valence-corrected chi connectivity index (χ2v) is 4.08. The van der Waals surface area contributed by atoms with Gasteiger partial charge in [-0.2, -0.15) is 0 Å². The van der Waals surface area contributed by atoms with Crippen LogP contribution in [0.2, 0.25) is 0 Å². The number of benzene rings is 1. The summed E-state index contributed by atoms with van der Waals surface area (Å²) >= 11 is 0. The first-order valence-corrected chi connectivity index (χ1v) is 6.06. The summed E-state index contributed by atoms with van der Waals surface area (Å²) < 4.78 is 0. The highest BCUT2D eigenvalue weighted by Crippen LogP contribution is 2.13. The third kappa shape index (κ3) is 5.81. The molecule has 6 heteroatoms. The maximum Gasteiger partial charge on any atom is 0.233 e. The van der Waals surface area contributed by atoms with Crippen LogP contribution in [0, 0.1) is 0 Å². The summed E-state index contributed by atoms with van der Waals surface area (Å²) in [6, 6.07) is 6.61. The molecule has 0 saturated heterocycles. The van der Waals surface area contributed by atoms with Crippen molar-refractivity contribution in [1.82, 2.24) is 5.32 Å². The molecule has 0 aliphatic rings. The second kappa shape index (κ2) is 7.73. The van der Waals surface area contributed by atoms with Crippen LogP contribution in [0.15, 0.2) is 36.9 Å². The van der Waals surface area contributed by atoms with E-state index in [-0.39, 0.29) is 18.2 Å². The van der Waals surface area contributed by atoms with E-state index in [1.807, 2.05) is 0 Å². The summed E-state index contributed by atoms with van der Waals surface area (Å²) in [5, 5.41) is 7.72. The Balaban J connectivity index is 2.47. The van der Waals surface area contributed by atoms with Gasteiger partial charge in [0.1, 0.15) is 6.42 Å². The molecule has 1 rings (SSSR count). The number of amides is 3. The normalized spacial score (nSPS) is 9.45. The monoisotopic (exact) mass is 275 g/mol. The molecule has 0 bridgehead atoms. The molecule has 0 fully saturated rings. The first-order chi connectivity index (χ1) is 9.51. The van der Waals surface area contributed by atoms with Crippen LogP contribution in [0.5, 0.6) is 0 Å². The van der Waals surface area contributed by atoms with Gasteiger partial charge in [0.05, 0.1) is 0 Å². The Morgan fingerprint density at radius 1 is 1.05 bits per heavy atom. The van der Waals surface area contributed by atoms with Crippen LogP contribution in [-0.4, -0.2) is 24.3 Å². The van der Waals surface area contributed by atoms with Crippen molar-refractivity contribution >= 4 is 29.1 Å². The summed E-state index contributed by atoms with van der Waals surface area (Å²) in [7, 11) is 0. The zero-order valence-electron chi connectivity index (χ0n) is 11.2. The lowest BCUT2D eigenvalue weighted by atomic mass is 10.2. The van der Waals surface area contributed by atoms with Crippen LogP contribution in [0.1, 0.15) is 13.3 Å². The van der Waals surface area contributed by atoms with Gasteiger partial charge < -0.3 is 16.0 Å². The summed E-state index contributed by atoms with van der Waals surface area (Å²) in [5.41, 5.74) is 1.19. The van der Waals surface area contributed by atoms with Crippen molar-refractivity contribution in [2.45, 2.75) is 13.3 Å². The number of carbonyl (C=O) groups excluding carboxylic acids is 3. The van der Waals surface area contributed by atoms with Crippen molar-refractivity contribution in [3.8, 4) is 0 Å². The molecule has 0 spiro atoms. The van der Waals surface area contributed by atoms with Crippen molar-refractivity contribution in [3.05, 3.63) is 36.9 Å². The van der Waals surface area contributed by atoms with Crippen molar-refractivity contribution < 1.29 is 14.4 Å². The Morgan fingerprint density at radius 2 is 1.60 bits per heavy atom. The number of rotatable bonds is 6. The molecule has 0 heterocycles. The molecule has 0 aromatic heterocycles. The molecule has 0 unspecified atom stereocenters. The van der Waals surface area contributed by atoms with E-state index in [0.29, 0.717) is 17.9 Å². The van der Waals surface area contributed by atoms with Crippen molar-refractivity contribution in [2.24, 2.45) is 0 Å². The van der Waals surface area contributed by atoms with Gasteiger partial charge in [-0.1, -0.05) is 6.08 Å². The predicted octanol–water partition coefficient (Wildman–Crippen LogP) is 1.28. The molecule has 0 atom stereocenters. The molecule has 3 amide bonds. The average molecular weight is 275 g/mol. The number of anilines is 2. The predicted molar refractivity (Wildman–Crippen MR) is 77.2 cm³/mol. The second-order valence-electron chi connectivity index (χ2n) is 4.08. The molecule has 0 radical (unpaired) electrons. The molecule has 0 saturated carbocycles. The fraction of sp³-hybridized carbons (Fsp3) is 0.214. The highest BCUT2D eigenvalue weighted by Gasteiger charge is 2.08. The van der Waals surface area contributed by atoms with Gasteiger partial charge >= 0.3 is 0 Å². The van der Waals surface area contributed by atoms with Crippen molar-refractivity contribution in [2.75, 3.05) is 17.2 Å². The molecule has 20 heavy (non-hydrogen) atoms. The van der Waals surface area contributed by atoms with E-state index in [9.17, 15) is 14.4 Å². The maximum atomic E-state index is 11.6. The average Bonchev–Trinajstić information content (AvgIpc) is 2.38. The Hall–Kier alpha value is -2.63. The van der Waals surface area contributed by atoms with Crippen LogP contribution in [0.4, 0.5) is 11.4 Å². The molecular formula is C14H17N3O3. The van der Waals surface area contributed by atoms with Gasteiger partial charge in [0, 0.05) is 24.8 Å². The number of hydrogen-bond acceptors (Lipinski definition) is 3. The number of hydrogen-bond donors (Lipinski definition) is 3. The van der Waals surface area contributed by atoms with E-state index < -0.39 is 5.91 Å². The van der Waals surface area contributed by atoms with Gasteiger partial charge in [-0.05, 0) is 24.3 Å². The number of nitrogens with one attached hydrogen (secondary N) is 3. The molecule has 6 nitrogen and oxygen atoms in total. The molecule has 0 aliphatic heterocycles. The first-order valence-electron chi connectivity index (χ1n) is 6.06. The van der Waals surface area contributed by atoms with Gasteiger partial charge in [0.15, 0.2) is 0 Å². The Kier molecular flexibility index (Phi) is 5.96. The number of carbonyl (C=O) groups is 3. The van der Waals surface area contributed by atoms with E-state index in [0.717, 1.165) is 0 Å². The zero-order valence-corrected chi connectivity index (χ0v) is 11.2. The summed E-state index contributed by atoms with van der Waals surface area (Å²) in [4.78, 5) is 33.7. The third-order valence-corrected chi connectivity index (χ3v) is 2.25. The van der Waals surface area contributed by atoms with Crippen LogP contribution < -0.4 is 16.0 Å². The fourth-order valence-corrected chi connectivity index (χ4v) is 1.44. The smallest absolute Gasteiger partial charge is 0.233 e. The van der Waals surface area contributed by atoms with Gasteiger partial charge in [-0.15, -0.1) is 6.58 Å². The van der Waals surface area contributed by atoms with E-state index in [1.165, 1.54) is 13.0 Å². The van der Waals surface area contributed by atoms with Gasteiger partial charge in [-0.3, -0.25) is 14.4 Å². The highest BCUT2D eigenvalue weighted by atomic mass is 16.2. The van der Waals surface area contributed by atoms with Crippen LogP contribution in [0.3, 0.4) is 0 Å². The fourth-order valence-electron chi connectivity index (χ4n) is 1.44. The lowest BCUT2D eigenvalue weighted by Gasteiger charge is -2.07. The third-order valence-electron chi connectivity index (χ3n) is 2.25. The maximum absolute atomic E-state index is 11.6. The van der Waals surface area contributed by atoms with E-state index in [2.05, 4.69) is 22.5 Å². The minimum Gasteiger partial charge on any atom is -0.352 e. The van der Waals surface area contributed by atoms with Crippen LogP contribution in [-0.2, 0) is 14.4 Å². The van der Waals surface area contributed by atoms with Crippen molar-refractivity contribution in [1.29, 1.82) is 0 Å². The minimum atomic E-state index is -0.404. The summed E-state index contributed by atoms with van der Waals surface area (Å²) in [5.74, 6) is -0.934. The van der Waals surface area contributed by atoms with Gasteiger partial charge in [-0.25, -0.2) is 0 Å². The van der Waals surface area contributed by atoms with Gasteiger partial charge in [0.2, 0.25) is 17.7 Å². The van der Waals surface area contributed by atoms with E-state index >= 15 is 0 Å². The Bertz CT molecular complexity index is 509. The molecular weight excluding hydrogens is 258 g/mol. The standard InChI is InChI=1S/C14H17N3O3/c1-3-8-15-13(19)9-14(20)17-12-6-4-11(5-7-12)16-10(2)18/h3-7H,1,8-9H2,2H3,(H,15,19)(H,16,18)(H,17,20). The van der Waals surface area contributed by atoms with Gasteiger partial charge in [0.25, 0.3) is 0 Å². The molecule has 0 aliphatic carbocycles. The van der Waals surface area contributed by atoms with Crippen molar-refractivity contribution in [3.63, 3.8) is 0 Å². The lowest BCUT2D eigenvalue weighted by molar-refractivity contribution is -0.126. The Morgan fingerprint density at radius 3 is 2.10 bits per heavy atom. The largest absolute Gasteiger partial charge is 0.352 e. The Labute approximate surface area is 117 Å². The first kappa shape index (κ1) is 15.4. The zero-order chi connectivity index (χ0) is 15.0. The quantitative estimate of drug-likeness (QED) is 0.540. The summed E-state index contributed by atoms with van der Waals surface area (Å²) in [6.45, 7) is 5.21. The van der Waals surface area contributed by atoms with Crippen LogP contribution in [0.25, 0.3) is 0 Å². The molecule has 106 valence electrons. The molecule has 1 aromatic rings. The topological polar surface area (TPSA) is 87.3 Å². The minimum absolute atomic E-state index is 0.166. The molecule has 3 N–H and O–H groups in total. The van der Waals surface area contributed by atoms with E-state index in [1.54, 1.807) is 24.3 Å². The lowest BCUT2D eigenvalue weighted by Crippen LogP contribution is -2.28. The van der Waals surface area contributed by atoms with E-state index in [4.69, 9.17) is 0 Å². The highest BCUT2D eigenvalue weighted by molar-refractivity contribution is 6.03. The molecule has 1 aromatic carbocycles. The summed E-state index contributed by atoms with van der Waals surface area (Å²) in [6.07, 6.45) is 1.29. The SMILES string of the molecule is C=CCNC(=O)CC(=O)Nc1ccc(NC(C)=O)cc1. The van der Waals surface area contributed by atoms with Crippen LogP contribution >= 0.6 is 0 Å².